The van der Waals surface area contributed by atoms with Gasteiger partial charge in [0.15, 0.2) is 11.6 Å². The molecule has 4 aliphatic rings. The Balaban J connectivity index is 0.000000186. The molecule has 9 rings (SSSR count). The molecule has 5 heterocycles. The van der Waals surface area contributed by atoms with Crippen molar-refractivity contribution in [2.45, 2.75) is 57.7 Å². The third-order valence-electron chi connectivity index (χ3n) is 10.8. The van der Waals surface area contributed by atoms with Gasteiger partial charge in [-0.25, -0.2) is 9.97 Å². The second-order valence-corrected chi connectivity index (χ2v) is 15.7. The van der Waals surface area contributed by atoms with Crippen molar-refractivity contribution < 1.29 is 9.59 Å². The van der Waals surface area contributed by atoms with Gasteiger partial charge < -0.3 is 30.7 Å². The van der Waals surface area contributed by atoms with Crippen LogP contribution in [0.3, 0.4) is 0 Å². The van der Waals surface area contributed by atoms with Crippen molar-refractivity contribution >= 4 is 81.3 Å². The number of carbonyl (C=O) groups is 2. The molecule has 1 saturated heterocycles. The summed E-state index contributed by atoms with van der Waals surface area (Å²) < 4.78 is 0. The molecule has 1 atom stereocenters. The van der Waals surface area contributed by atoms with Crippen LogP contribution in [-0.4, -0.2) is 79.7 Å². The number of rotatable bonds is 7. The van der Waals surface area contributed by atoms with Crippen LogP contribution in [0.4, 0.5) is 34.6 Å². The van der Waals surface area contributed by atoms with Crippen LogP contribution in [0.25, 0.3) is 0 Å². The predicted molar refractivity (Wildman–Crippen MR) is 221 cm³/mol. The number of benzene rings is 3. The summed E-state index contributed by atoms with van der Waals surface area (Å²) in [6.45, 7) is 3.72. The van der Waals surface area contributed by atoms with Crippen molar-refractivity contribution in [3.63, 3.8) is 0 Å². The van der Waals surface area contributed by atoms with E-state index in [2.05, 4.69) is 59.0 Å². The van der Waals surface area contributed by atoms with E-state index in [0.717, 1.165) is 29.7 Å². The number of anilines is 6. The number of aryl methyl sites for hydroxylation is 2. The van der Waals surface area contributed by atoms with Crippen LogP contribution < -0.4 is 16.0 Å². The fraction of sp³-hybridized carbons (Fsp3) is 0.317. The summed E-state index contributed by atoms with van der Waals surface area (Å²) in [6, 6.07) is 18.7. The molecule has 56 heavy (non-hydrogen) atoms. The quantitative estimate of drug-likeness (QED) is 0.108. The Morgan fingerprint density at radius 2 is 1.23 bits per heavy atom. The summed E-state index contributed by atoms with van der Waals surface area (Å²) >= 11 is 18.2. The van der Waals surface area contributed by atoms with Gasteiger partial charge in [-0.2, -0.15) is 9.97 Å². The molecule has 288 valence electrons. The van der Waals surface area contributed by atoms with Gasteiger partial charge in [0.1, 0.15) is 10.0 Å². The molecule has 3 N–H and O–H groups in total. The molecular formula is C41H41Cl3N10O2. The number of hydrogen-bond donors (Lipinski definition) is 3. The summed E-state index contributed by atoms with van der Waals surface area (Å²) in [5.41, 5.74) is 8.47. The zero-order valence-corrected chi connectivity index (χ0v) is 33.3. The first-order chi connectivity index (χ1) is 27.1. The summed E-state index contributed by atoms with van der Waals surface area (Å²) in [7, 11) is 3.57. The number of carbonyl (C=O) groups excluding carboxylic acids is 2. The average Bonchev–Trinajstić information content (AvgIpc) is 3.86. The third-order valence-corrected chi connectivity index (χ3v) is 11.6. The summed E-state index contributed by atoms with van der Waals surface area (Å²) in [6.07, 6.45) is 10.4. The lowest BCUT2D eigenvalue weighted by Gasteiger charge is -2.25. The van der Waals surface area contributed by atoms with E-state index in [9.17, 15) is 9.59 Å². The Bertz CT molecular complexity index is 2320. The van der Waals surface area contributed by atoms with Gasteiger partial charge in [-0.15, -0.1) is 0 Å². The normalized spacial score (nSPS) is 17.5. The third kappa shape index (κ3) is 7.97. The van der Waals surface area contributed by atoms with Crippen LogP contribution in [0, 0.1) is 0 Å². The van der Waals surface area contributed by atoms with Crippen molar-refractivity contribution in [1.82, 2.24) is 34.6 Å². The number of aromatic nitrogens is 4. The second kappa shape index (κ2) is 16.2. The molecule has 0 bridgehead atoms. The smallest absolute Gasteiger partial charge is 0.256 e. The molecule has 1 aliphatic carbocycles. The van der Waals surface area contributed by atoms with Gasteiger partial charge in [0, 0.05) is 38.9 Å². The minimum absolute atomic E-state index is 0.00595. The summed E-state index contributed by atoms with van der Waals surface area (Å²) in [5, 5.41) is 10.5. The number of hydrogen-bond acceptors (Lipinski definition) is 10. The number of fused-ring (bicyclic) bond motifs is 3. The van der Waals surface area contributed by atoms with E-state index in [-0.39, 0.29) is 17.1 Å². The van der Waals surface area contributed by atoms with Crippen LogP contribution in [0.15, 0.2) is 67.0 Å². The molecule has 3 aromatic carbocycles. The molecule has 2 aromatic heterocycles. The lowest BCUT2D eigenvalue weighted by Crippen LogP contribution is -2.32. The lowest BCUT2D eigenvalue weighted by atomic mass is 10.0. The van der Waals surface area contributed by atoms with E-state index in [1.165, 1.54) is 56.1 Å². The fourth-order valence-electron chi connectivity index (χ4n) is 7.99. The van der Waals surface area contributed by atoms with Crippen molar-refractivity contribution in [2.75, 3.05) is 43.1 Å². The summed E-state index contributed by atoms with van der Waals surface area (Å²) in [5.74, 6) is 1.27. The molecule has 1 fully saturated rings. The van der Waals surface area contributed by atoms with Crippen molar-refractivity contribution in [3.05, 3.63) is 116 Å². The monoisotopic (exact) mass is 810 g/mol. The molecule has 3 aliphatic heterocycles. The molecule has 5 aromatic rings. The number of likely N-dealkylation sites (tertiary alicyclic amines) is 1. The zero-order valence-electron chi connectivity index (χ0n) is 31.1. The fourth-order valence-corrected chi connectivity index (χ4v) is 8.40. The predicted octanol–water partition coefficient (Wildman–Crippen LogP) is 8.66. The van der Waals surface area contributed by atoms with Crippen molar-refractivity contribution in [3.8, 4) is 0 Å². The van der Waals surface area contributed by atoms with Gasteiger partial charge >= 0.3 is 0 Å². The van der Waals surface area contributed by atoms with Gasteiger partial charge in [0.05, 0.1) is 34.9 Å². The average molecular weight is 812 g/mol. The highest BCUT2D eigenvalue weighted by Crippen LogP contribution is 2.34. The Morgan fingerprint density at radius 3 is 1.86 bits per heavy atom. The van der Waals surface area contributed by atoms with Gasteiger partial charge in [-0.05, 0) is 110 Å². The van der Waals surface area contributed by atoms with E-state index in [4.69, 9.17) is 34.8 Å². The SMILES string of the molecule is CN1Cc2cccc(Nc3nc(Cl)ncc3Cl)c2C1=O.CN1Cc2cccc(Nc3nc(Nc4ccc5c(c4)CC[C@@H](N4CCCC4)CC5)ncc3Cl)c2C1=O. The molecule has 0 saturated carbocycles. The van der Waals surface area contributed by atoms with E-state index in [0.29, 0.717) is 69.3 Å². The second-order valence-electron chi connectivity index (χ2n) is 14.6. The molecule has 0 radical (unpaired) electrons. The Labute approximate surface area is 340 Å². The number of halogens is 3. The van der Waals surface area contributed by atoms with E-state index >= 15 is 0 Å². The maximum Gasteiger partial charge on any atom is 0.256 e. The first-order valence-electron chi connectivity index (χ1n) is 18.7. The standard InChI is InChI=1S/C28H31ClN6O.C13H10Cl2N4O/c1-34-17-20-5-4-6-24(25(20)27(34)36)32-26-23(29)16-30-28(33-26)31-21-10-7-18-8-11-22(12-9-19(18)15-21)35-13-2-3-14-35;1-19-6-7-3-2-4-9(10(7)12(19)20)17-11-8(14)5-16-13(15)18-11/h4-7,10,15-16,22H,2-3,8-9,11-14,17H2,1H3,(H2,30,31,32,33);2-5H,6H2,1H3,(H,16,17,18)/t22-;/m0./s1. The van der Waals surface area contributed by atoms with Crippen molar-refractivity contribution in [2.24, 2.45) is 0 Å². The van der Waals surface area contributed by atoms with Crippen LogP contribution in [0.2, 0.25) is 15.3 Å². The van der Waals surface area contributed by atoms with Crippen molar-refractivity contribution in [1.29, 1.82) is 0 Å². The minimum atomic E-state index is -0.0284. The van der Waals surface area contributed by atoms with E-state index < -0.39 is 0 Å². The molecule has 2 amide bonds. The maximum atomic E-state index is 12.6. The highest BCUT2D eigenvalue weighted by molar-refractivity contribution is 6.34. The first kappa shape index (κ1) is 37.9. The highest BCUT2D eigenvalue weighted by atomic mass is 35.5. The van der Waals surface area contributed by atoms with Gasteiger partial charge in [-0.1, -0.05) is 53.5 Å². The molecular weight excluding hydrogens is 771 g/mol. The highest BCUT2D eigenvalue weighted by Gasteiger charge is 2.29. The zero-order chi connectivity index (χ0) is 38.9. The number of amides is 2. The molecule has 0 unspecified atom stereocenters. The summed E-state index contributed by atoms with van der Waals surface area (Å²) in [4.78, 5) is 47.7. The van der Waals surface area contributed by atoms with Gasteiger partial charge in [-0.3, -0.25) is 9.59 Å². The van der Waals surface area contributed by atoms with Crippen LogP contribution in [-0.2, 0) is 25.9 Å². The largest absolute Gasteiger partial charge is 0.338 e. The topological polar surface area (TPSA) is 132 Å². The first-order valence-corrected chi connectivity index (χ1v) is 19.9. The Morgan fingerprint density at radius 1 is 0.661 bits per heavy atom. The number of nitrogens with one attached hydrogen (secondary N) is 3. The number of nitrogens with zero attached hydrogens (tertiary/aromatic N) is 7. The van der Waals surface area contributed by atoms with Gasteiger partial charge in [0.25, 0.3) is 11.8 Å². The van der Waals surface area contributed by atoms with E-state index in [1.807, 2.05) is 36.4 Å². The maximum absolute atomic E-state index is 12.6. The molecule has 12 nitrogen and oxygen atoms in total. The molecule has 15 heteroatoms. The lowest BCUT2D eigenvalue weighted by molar-refractivity contribution is 0.0810. The van der Waals surface area contributed by atoms with Crippen LogP contribution in [0.1, 0.15) is 68.7 Å². The Hall–Kier alpha value is -5.01. The van der Waals surface area contributed by atoms with Crippen LogP contribution in [0.5, 0.6) is 0 Å². The van der Waals surface area contributed by atoms with E-state index in [1.54, 1.807) is 30.1 Å². The minimum Gasteiger partial charge on any atom is -0.338 e. The molecule has 0 spiro atoms. The van der Waals surface area contributed by atoms with Crippen LogP contribution >= 0.6 is 34.8 Å². The Kier molecular flexibility index (Phi) is 11.0. The van der Waals surface area contributed by atoms with Gasteiger partial charge in [0.2, 0.25) is 11.2 Å².